The zero-order valence-corrected chi connectivity index (χ0v) is 14.7. The van der Waals surface area contributed by atoms with E-state index in [-0.39, 0.29) is 17.9 Å². The van der Waals surface area contributed by atoms with Gasteiger partial charge in [0.05, 0.1) is 12.8 Å². The van der Waals surface area contributed by atoms with E-state index >= 15 is 0 Å². The van der Waals surface area contributed by atoms with E-state index in [1.165, 1.54) is 11.3 Å². The molecular formula is C18H28N4O2. The smallest absolute Gasteiger partial charge is 0.225 e. The molecule has 0 spiro atoms. The number of amides is 1. The summed E-state index contributed by atoms with van der Waals surface area (Å²) in [5.74, 6) is 1.04. The lowest BCUT2D eigenvalue weighted by Gasteiger charge is -2.43. The molecule has 3 fully saturated rings. The van der Waals surface area contributed by atoms with Gasteiger partial charge in [-0.3, -0.25) is 14.4 Å². The van der Waals surface area contributed by atoms with Gasteiger partial charge < -0.3 is 10.0 Å². The molecule has 6 nitrogen and oxygen atoms in total. The highest BCUT2D eigenvalue weighted by Gasteiger charge is 2.51. The summed E-state index contributed by atoms with van der Waals surface area (Å²) < 4.78 is 1.91. The van der Waals surface area contributed by atoms with Crippen LogP contribution >= 0.6 is 0 Å². The van der Waals surface area contributed by atoms with Gasteiger partial charge in [0, 0.05) is 55.8 Å². The van der Waals surface area contributed by atoms with Crippen molar-refractivity contribution in [1.82, 2.24) is 19.6 Å². The molecule has 24 heavy (non-hydrogen) atoms. The van der Waals surface area contributed by atoms with Gasteiger partial charge in [0.1, 0.15) is 0 Å². The molecule has 1 amide bonds. The Bertz CT molecular complexity index is 639. The Balaban J connectivity index is 1.47. The van der Waals surface area contributed by atoms with Crippen molar-refractivity contribution in [2.45, 2.75) is 32.7 Å². The summed E-state index contributed by atoms with van der Waals surface area (Å²) in [6.45, 7) is 6.63. The van der Waals surface area contributed by atoms with Gasteiger partial charge in [-0.1, -0.05) is 0 Å². The zero-order valence-electron chi connectivity index (χ0n) is 14.7. The number of hydrogen-bond acceptors (Lipinski definition) is 4. The molecule has 4 rings (SSSR count). The minimum Gasteiger partial charge on any atom is -0.396 e. The van der Waals surface area contributed by atoms with Crippen LogP contribution in [0.3, 0.4) is 0 Å². The third-order valence-corrected chi connectivity index (χ3v) is 6.43. The Kier molecular flexibility index (Phi) is 3.92. The first-order valence-corrected chi connectivity index (χ1v) is 9.12. The summed E-state index contributed by atoms with van der Waals surface area (Å²) in [4.78, 5) is 16.9. The van der Waals surface area contributed by atoms with E-state index < -0.39 is 0 Å². The molecule has 0 bridgehead atoms. The van der Waals surface area contributed by atoms with Crippen molar-refractivity contribution in [2.24, 2.45) is 24.3 Å². The van der Waals surface area contributed by atoms with Crippen LogP contribution in [0.15, 0.2) is 6.20 Å². The molecule has 2 saturated heterocycles. The van der Waals surface area contributed by atoms with Gasteiger partial charge in [0.15, 0.2) is 0 Å². The van der Waals surface area contributed by atoms with Crippen molar-refractivity contribution in [1.29, 1.82) is 0 Å². The number of carbonyl (C=O) groups is 1. The van der Waals surface area contributed by atoms with Gasteiger partial charge in [0.2, 0.25) is 5.91 Å². The highest BCUT2D eigenvalue weighted by molar-refractivity contribution is 5.81. The van der Waals surface area contributed by atoms with Crippen LogP contribution in [0.4, 0.5) is 0 Å². The number of aliphatic hydroxyl groups excluding tert-OH is 1. The van der Waals surface area contributed by atoms with Crippen LogP contribution in [-0.2, 0) is 18.4 Å². The van der Waals surface area contributed by atoms with Gasteiger partial charge in [-0.15, -0.1) is 0 Å². The maximum Gasteiger partial charge on any atom is 0.225 e. The number of hydrogen-bond donors (Lipinski definition) is 1. The molecule has 1 aromatic heterocycles. The summed E-state index contributed by atoms with van der Waals surface area (Å²) in [5.41, 5.74) is 2.32. The lowest BCUT2D eigenvalue weighted by Crippen LogP contribution is -2.50. The van der Waals surface area contributed by atoms with Crippen LogP contribution in [-0.4, -0.2) is 63.4 Å². The summed E-state index contributed by atoms with van der Waals surface area (Å²) in [6.07, 6.45) is 5.12. The fourth-order valence-electron chi connectivity index (χ4n) is 4.53. The van der Waals surface area contributed by atoms with Gasteiger partial charge >= 0.3 is 0 Å². The molecule has 0 radical (unpaired) electrons. The summed E-state index contributed by atoms with van der Waals surface area (Å²) in [6, 6.07) is 0. The van der Waals surface area contributed by atoms with Gasteiger partial charge in [-0.05, 0) is 38.6 Å². The molecule has 3 heterocycles. The SMILES string of the molecule is Cc1c(CN2CC[C@H]3CN(C(=O)C4CC4)C[C@@]3(CO)C2)cnn1C. The van der Waals surface area contributed by atoms with Crippen molar-refractivity contribution >= 4 is 5.91 Å². The molecule has 132 valence electrons. The molecule has 1 saturated carbocycles. The van der Waals surface area contributed by atoms with Crippen molar-refractivity contribution < 1.29 is 9.90 Å². The maximum absolute atomic E-state index is 12.4. The maximum atomic E-state index is 12.4. The Hall–Kier alpha value is -1.40. The topological polar surface area (TPSA) is 61.6 Å². The number of nitrogens with zero attached hydrogens (tertiary/aromatic N) is 4. The number of carbonyl (C=O) groups excluding carboxylic acids is 1. The Morgan fingerprint density at radius 1 is 1.38 bits per heavy atom. The van der Waals surface area contributed by atoms with Crippen LogP contribution in [0, 0.1) is 24.2 Å². The molecular weight excluding hydrogens is 304 g/mol. The van der Waals surface area contributed by atoms with Crippen LogP contribution < -0.4 is 0 Å². The quantitative estimate of drug-likeness (QED) is 0.885. The molecule has 2 aliphatic heterocycles. The predicted octanol–water partition coefficient (Wildman–Crippen LogP) is 0.781. The Morgan fingerprint density at radius 3 is 2.79 bits per heavy atom. The van der Waals surface area contributed by atoms with Gasteiger partial charge in [-0.2, -0.15) is 5.10 Å². The van der Waals surface area contributed by atoms with E-state index in [2.05, 4.69) is 16.9 Å². The first-order chi connectivity index (χ1) is 11.5. The number of piperidine rings is 1. The number of rotatable bonds is 4. The number of aromatic nitrogens is 2. The van der Waals surface area contributed by atoms with E-state index in [4.69, 9.17) is 0 Å². The first-order valence-electron chi connectivity index (χ1n) is 9.12. The van der Waals surface area contributed by atoms with E-state index in [0.29, 0.717) is 11.8 Å². The number of aryl methyl sites for hydroxylation is 1. The lowest BCUT2D eigenvalue weighted by molar-refractivity contribution is -0.132. The van der Waals surface area contributed by atoms with Crippen LogP contribution in [0.2, 0.25) is 0 Å². The normalized spacial score (nSPS) is 30.6. The minimum absolute atomic E-state index is 0.140. The third kappa shape index (κ3) is 2.65. The number of likely N-dealkylation sites (tertiary alicyclic amines) is 2. The summed E-state index contributed by atoms with van der Waals surface area (Å²) in [5, 5.41) is 14.5. The van der Waals surface area contributed by atoms with E-state index in [0.717, 1.165) is 52.0 Å². The average Bonchev–Trinajstić information content (AvgIpc) is 3.30. The fourth-order valence-corrected chi connectivity index (χ4v) is 4.53. The minimum atomic E-state index is -0.140. The highest BCUT2D eigenvalue weighted by atomic mass is 16.3. The molecule has 0 unspecified atom stereocenters. The fraction of sp³-hybridized carbons (Fsp3) is 0.778. The summed E-state index contributed by atoms with van der Waals surface area (Å²) >= 11 is 0. The van der Waals surface area contributed by atoms with E-state index in [9.17, 15) is 9.90 Å². The average molecular weight is 332 g/mol. The zero-order chi connectivity index (χ0) is 16.9. The standard InChI is InChI=1S/C18H28N4O2/c1-13-15(7-19-20(13)2)8-21-6-5-16-9-22(17(24)14-3-4-14)11-18(16,10-21)12-23/h7,14,16,23H,3-6,8-12H2,1-2H3/t16-,18+/m0/s1. The lowest BCUT2D eigenvalue weighted by atomic mass is 9.74. The van der Waals surface area contributed by atoms with Crippen LogP contribution in [0.1, 0.15) is 30.5 Å². The molecule has 0 aromatic carbocycles. The highest BCUT2D eigenvalue weighted by Crippen LogP contribution is 2.44. The largest absolute Gasteiger partial charge is 0.396 e. The van der Waals surface area contributed by atoms with Crippen molar-refractivity contribution in [3.05, 3.63) is 17.5 Å². The number of fused-ring (bicyclic) bond motifs is 1. The van der Waals surface area contributed by atoms with Crippen LogP contribution in [0.5, 0.6) is 0 Å². The molecule has 1 aromatic rings. The van der Waals surface area contributed by atoms with E-state index in [1.54, 1.807) is 0 Å². The van der Waals surface area contributed by atoms with Crippen molar-refractivity contribution in [3.8, 4) is 0 Å². The number of aliphatic hydroxyl groups is 1. The first kappa shape index (κ1) is 16.1. The monoisotopic (exact) mass is 332 g/mol. The van der Waals surface area contributed by atoms with Crippen LogP contribution in [0.25, 0.3) is 0 Å². The van der Waals surface area contributed by atoms with Crippen molar-refractivity contribution in [3.63, 3.8) is 0 Å². The summed E-state index contributed by atoms with van der Waals surface area (Å²) in [7, 11) is 1.97. The molecule has 3 aliphatic rings. The molecule has 6 heteroatoms. The van der Waals surface area contributed by atoms with Gasteiger partial charge in [0.25, 0.3) is 0 Å². The molecule has 1 N–H and O–H groups in total. The van der Waals surface area contributed by atoms with Gasteiger partial charge in [-0.25, -0.2) is 0 Å². The second kappa shape index (κ2) is 5.85. The Labute approximate surface area is 143 Å². The predicted molar refractivity (Wildman–Crippen MR) is 90.2 cm³/mol. The third-order valence-electron chi connectivity index (χ3n) is 6.43. The molecule has 1 aliphatic carbocycles. The molecule has 2 atom stereocenters. The second-order valence-electron chi connectivity index (χ2n) is 8.09. The van der Waals surface area contributed by atoms with Crippen molar-refractivity contribution in [2.75, 3.05) is 32.8 Å². The Morgan fingerprint density at radius 2 is 2.17 bits per heavy atom. The van der Waals surface area contributed by atoms with E-state index in [1.807, 2.05) is 22.8 Å². The second-order valence-corrected chi connectivity index (χ2v) is 8.09.